The minimum Gasteiger partial charge on any atom is -0.370 e. The van der Waals surface area contributed by atoms with Crippen molar-refractivity contribution < 1.29 is 23.2 Å². The molecule has 2 unspecified atom stereocenters. The van der Waals surface area contributed by atoms with Gasteiger partial charge in [-0.2, -0.15) is 0 Å². The van der Waals surface area contributed by atoms with Gasteiger partial charge in [-0.1, -0.05) is 34.8 Å². The van der Waals surface area contributed by atoms with Gasteiger partial charge in [0, 0.05) is 65.5 Å². The van der Waals surface area contributed by atoms with Gasteiger partial charge in [0.15, 0.2) is 0 Å². The molecule has 3 aliphatic heterocycles. The van der Waals surface area contributed by atoms with Crippen molar-refractivity contribution in [3.63, 3.8) is 0 Å². The minimum absolute atomic E-state index is 0.0297. The zero-order chi connectivity index (χ0) is 31.1. The second-order valence-corrected chi connectivity index (χ2v) is 12.6. The number of amides is 3. The molecule has 2 aromatic carbocycles. The lowest BCUT2D eigenvalue weighted by Gasteiger charge is -2.45. The van der Waals surface area contributed by atoms with E-state index >= 15 is 0 Å². The number of halogens is 5. The fourth-order valence-corrected chi connectivity index (χ4v) is 7.14. The first kappa shape index (κ1) is 31.5. The Labute approximate surface area is 263 Å². The van der Waals surface area contributed by atoms with Crippen LogP contribution in [0.2, 0.25) is 15.1 Å². The fraction of sp³-hybridized carbons (Fsp3) is 0.433. The zero-order valence-corrected chi connectivity index (χ0v) is 25.5. The van der Waals surface area contributed by atoms with Crippen LogP contribution in [-0.4, -0.2) is 71.2 Å². The van der Waals surface area contributed by atoms with Crippen LogP contribution in [-0.2, 0) is 14.4 Å². The van der Waals surface area contributed by atoms with Gasteiger partial charge in [0.05, 0.1) is 17.5 Å². The lowest BCUT2D eigenvalue weighted by atomic mass is 9.84. The quantitative estimate of drug-likeness (QED) is 0.419. The van der Waals surface area contributed by atoms with E-state index in [-0.39, 0.29) is 57.6 Å². The molecule has 2 fully saturated rings. The summed E-state index contributed by atoms with van der Waals surface area (Å²) in [4.78, 5) is 43.8. The van der Waals surface area contributed by atoms with Crippen LogP contribution in [0.1, 0.15) is 37.7 Å². The van der Waals surface area contributed by atoms with E-state index in [1.165, 1.54) is 4.90 Å². The molecule has 5 rings (SSSR count). The Bertz CT molecular complexity index is 1450. The molecule has 3 heterocycles. The summed E-state index contributed by atoms with van der Waals surface area (Å²) in [5.74, 6) is -4.99. The number of anilines is 1. The van der Waals surface area contributed by atoms with Crippen molar-refractivity contribution in [2.24, 2.45) is 17.4 Å². The van der Waals surface area contributed by atoms with Crippen molar-refractivity contribution in [1.29, 1.82) is 0 Å². The first-order valence-electron chi connectivity index (χ1n) is 14.0. The fourth-order valence-electron chi connectivity index (χ4n) is 6.51. The average Bonchev–Trinajstić information content (AvgIpc) is 3.52. The van der Waals surface area contributed by atoms with E-state index in [0.717, 1.165) is 5.69 Å². The number of carbonyl (C=O) groups is 3. The Balaban J connectivity index is 1.48. The lowest BCUT2D eigenvalue weighted by Crippen LogP contribution is -2.63. The normalized spacial score (nSPS) is 23.3. The van der Waals surface area contributed by atoms with Crippen molar-refractivity contribution in [3.05, 3.63) is 69.2 Å². The van der Waals surface area contributed by atoms with Crippen LogP contribution in [0.15, 0.2) is 48.5 Å². The van der Waals surface area contributed by atoms with Crippen LogP contribution >= 0.6 is 34.8 Å². The largest absolute Gasteiger partial charge is 0.370 e. The third kappa shape index (κ3) is 6.34. The van der Waals surface area contributed by atoms with Gasteiger partial charge in [-0.15, -0.1) is 0 Å². The molecule has 3 aliphatic rings. The predicted octanol–water partition coefficient (Wildman–Crippen LogP) is 4.95. The molecule has 0 saturated carbocycles. The lowest BCUT2D eigenvalue weighted by molar-refractivity contribution is -0.143. The SMILES string of the molecule is NC(=O)CCC1C(C(=O)N2CCC(C(N)=O)(N3CCC(F)(F)C3)CC2)C=C(c2ccc(Cl)cc2Cl)N1c1ccc(Cl)cc1. The number of piperidine rings is 1. The van der Waals surface area contributed by atoms with Crippen molar-refractivity contribution >= 4 is 63.9 Å². The first-order valence-corrected chi connectivity index (χ1v) is 15.2. The van der Waals surface area contributed by atoms with Gasteiger partial charge in [-0.25, -0.2) is 8.78 Å². The molecule has 3 amide bonds. The van der Waals surface area contributed by atoms with E-state index in [9.17, 15) is 23.2 Å². The van der Waals surface area contributed by atoms with Crippen LogP contribution in [0.25, 0.3) is 5.70 Å². The number of likely N-dealkylation sites (tertiary alicyclic amines) is 2. The number of hydrogen-bond donors (Lipinski definition) is 2. The maximum absolute atomic E-state index is 14.2. The first-order chi connectivity index (χ1) is 20.3. The molecule has 2 saturated heterocycles. The summed E-state index contributed by atoms with van der Waals surface area (Å²) >= 11 is 19.0. The summed E-state index contributed by atoms with van der Waals surface area (Å²) in [6.45, 7) is -0.152. The van der Waals surface area contributed by atoms with E-state index in [4.69, 9.17) is 46.3 Å². The summed E-state index contributed by atoms with van der Waals surface area (Å²) in [7, 11) is 0. The van der Waals surface area contributed by atoms with Crippen molar-refractivity contribution in [1.82, 2.24) is 9.80 Å². The van der Waals surface area contributed by atoms with Crippen molar-refractivity contribution in [2.45, 2.75) is 49.6 Å². The molecule has 8 nitrogen and oxygen atoms in total. The number of alkyl halides is 2. The van der Waals surface area contributed by atoms with Gasteiger partial charge < -0.3 is 21.3 Å². The summed E-state index contributed by atoms with van der Waals surface area (Å²) < 4.78 is 28.1. The van der Waals surface area contributed by atoms with E-state index in [0.29, 0.717) is 26.3 Å². The molecule has 0 radical (unpaired) electrons. The highest BCUT2D eigenvalue weighted by Crippen LogP contribution is 2.44. The zero-order valence-electron chi connectivity index (χ0n) is 23.2. The van der Waals surface area contributed by atoms with E-state index < -0.39 is 41.8 Å². The van der Waals surface area contributed by atoms with Gasteiger partial charge in [0.1, 0.15) is 5.54 Å². The van der Waals surface area contributed by atoms with E-state index in [2.05, 4.69) is 0 Å². The monoisotopic (exact) mass is 653 g/mol. The predicted molar refractivity (Wildman–Crippen MR) is 163 cm³/mol. The van der Waals surface area contributed by atoms with Gasteiger partial charge in [-0.3, -0.25) is 19.3 Å². The van der Waals surface area contributed by atoms with Crippen LogP contribution in [0.5, 0.6) is 0 Å². The van der Waals surface area contributed by atoms with Gasteiger partial charge in [0.25, 0.3) is 5.92 Å². The third-order valence-electron chi connectivity index (χ3n) is 8.76. The average molecular weight is 655 g/mol. The highest BCUT2D eigenvalue weighted by Gasteiger charge is 2.53. The van der Waals surface area contributed by atoms with Crippen LogP contribution in [0.3, 0.4) is 0 Å². The minimum atomic E-state index is -2.89. The number of nitrogens with zero attached hydrogens (tertiary/aromatic N) is 3. The van der Waals surface area contributed by atoms with Gasteiger partial charge in [0.2, 0.25) is 17.7 Å². The molecule has 2 aromatic rings. The molecule has 0 spiro atoms. The number of carbonyl (C=O) groups excluding carboxylic acids is 3. The van der Waals surface area contributed by atoms with Crippen LogP contribution in [0.4, 0.5) is 14.5 Å². The Morgan fingerprint density at radius 1 is 0.907 bits per heavy atom. The van der Waals surface area contributed by atoms with Gasteiger partial charge in [-0.05, 0) is 67.8 Å². The number of benzene rings is 2. The molecule has 13 heteroatoms. The maximum Gasteiger partial charge on any atom is 0.261 e. The van der Waals surface area contributed by atoms with Crippen molar-refractivity contribution in [3.8, 4) is 0 Å². The molecule has 4 N–H and O–H groups in total. The summed E-state index contributed by atoms with van der Waals surface area (Å²) in [5, 5.41) is 1.36. The summed E-state index contributed by atoms with van der Waals surface area (Å²) in [6, 6.07) is 11.7. The van der Waals surface area contributed by atoms with Crippen LogP contribution in [0, 0.1) is 5.92 Å². The Morgan fingerprint density at radius 2 is 1.56 bits per heavy atom. The molecule has 0 aromatic heterocycles. The Kier molecular flexibility index (Phi) is 8.96. The number of nitrogens with two attached hydrogens (primary N) is 2. The molecule has 0 aliphatic carbocycles. The second kappa shape index (κ2) is 12.2. The molecule has 0 bridgehead atoms. The molecular weight excluding hydrogens is 623 g/mol. The van der Waals surface area contributed by atoms with Crippen LogP contribution < -0.4 is 16.4 Å². The Morgan fingerprint density at radius 3 is 2.12 bits per heavy atom. The van der Waals surface area contributed by atoms with Crippen molar-refractivity contribution in [2.75, 3.05) is 31.1 Å². The number of primary amides is 2. The molecule has 230 valence electrons. The number of hydrogen-bond acceptors (Lipinski definition) is 5. The van der Waals surface area contributed by atoms with E-state index in [1.807, 2.05) is 23.1 Å². The maximum atomic E-state index is 14.2. The van der Waals surface area contributed by atoms with E-state index in [1.54, 1.807) is 35.2 Å². The summed E-state index contributed by atoms with van der Waals surface area (Å²) in [5.41, 5.74) is 12.1. The molecule has 43 heavy (non-hydrogen) atoms. The second-order valence-electron chi connectivity index (χ2n) is 11.4. The highest BCUT2D eigenvalue weighted by molar-refractivity contribution is 6.36. The van der Waals surface area contributed by atoms with Gasteiger partial charge >= 0.3 is 0 Å². The molecule has 2 atom stereocenters. The molecular formula is C30H32Cl3F2N5O3. The third-order valence-corrected chi connectivity index (χ3v) is 9.56. The number of rotatable bonds is 8. The standard InChI is InChI=1S/C30H32Cl3F2N5O3/c31-18-1-4-20(5-2-18)40-24(7-8-26(36)41)22(16-25(40)21-6-3-19(32)15-23(21)33)27(42)38-12-9-29(10-13-38,28(37)43)39-14-11-30(34,35)17-39/h1-6,15-16,22,24H,7-14,17H2,(H2,36,41)(H2,37,43). The highest BCUT2D eigenvalue weighted by atomic mass is 35.5. The Hall–Kier alpha value is -2.92. The topological polar surface area (TPSA) is 113 Å². The smallest absolute Gasteiger partial charge is 0.261 e. The summed E-state index contributed by atoms with van der Waals surface area (Å²) in [6.07, 6.45) is 2.07.